The van der Waals surface area contributed by atoms with Crippen LogP contribution in [-0.4, -0.2) is 20.4 Å². The van der Waals surface area contributed by atoms with Crippen molar-refractivity contribution in [2.75, 3.05) is 0 Å². The first kappa shape index (κ1) is 40.6. The summed E-state index contributed by atoms with van der Waals surface area (Å²) in [5.74, 6) is 0. The summed E-state index contributed by atoms with van der Waals surface area (Å²) in [6.45, 7) is 9.25. The molecule has 0 bridgehead atoms. The second kappa shape index (κ2) is 15.2. The van der Waals surface area contributed by atoms with Crippen LogP contribution in [0.15, 0.2) is 231 Å². The molecule has 0 unspecified atom stereocenters. The zero-order chi connectivity index (χ0) is 48.8. The van der Waals surface area contributed by atoms with Crippen molar-refractivity contribution < 1.29 is 0 Å². The lowest BCUT2D eigenvalue weighted by Gasteiger charge is -2.36. The number of fused-ring (bicyclic) bond motifs is 13. The lowest BCUT2D eigenvalue weighted by atomic mass is 9.34. The van der Waals surface area contributed by atoms with Gasteiger partial charge in [0, 0.05) is 43.4 Å². The number of nitrogens with zero attached hydrogens (tertiary/aromatic N) is 5. The Morgan fingerprint density at radius 2 is 0.757 bits per heavy atom. The average Bonchev–Trinajstić information content (AvgIpc) is 4.14. The Hall–Kier alpha value is -10.1. The number of hydrogen-bond donors (Lipinski definition) is 0. The fourth-order valence-electron chi connectivity index (χ4n) is 13.0. The standard InChI is InChI=1S/C68H38BN5/c1-71-63-67(55(40-70)66-62-68(63)74-59-31-11-9-25-50(59)52-27-15-29-57(65(52)74)69(62)56-28-14-26-51-49-24-8-10-30-58(49)73(66)64(51)56)72-60-34-32-47(45-22-12-20-43(36-45)41-16-4-2-5-17-41)38-53(60)54-39-48(33-35-61(54)72)46-23-13-21-44(37-46)42-18-6-3-7-19-42/h2-39H. The fraction of sp³-hybridized carbons (Fsp3) is 0. The molecule has 6 heteroatoms. The van der Waals surface area contributed by atoms with Crippen molar-refractivity contribution in [1.29, 1.82) is 5.26 Å². The third kappa shape index (κ3) is 5.41. The number of nitriles is 1. The van der Waals surface area contributed by atoms with Gasteiger partial charge < -0.3 is 13.7 Å². The highest BCUT2D eigenvalue weighted by atomic mass is 15.1. The maximum atomic E-state index is 12.1. The van der Waals surface area contributed by atoms with Gasteiger partial charge in [0.25, 0.3) is 6.71 Å². The van der Waals surface area contributed by atoms with E-state index in [2.05, 4.69) is 255 Å². The predicted octanol–water partition coefficient (Wildman–Crippen LogP) is 15.2. The van der Waals surface area contributed by atoms with E-state index in [1.165, 1.54) is 10.9 Å². The molecule has 2 aliphatic heterocycles. The summed E-state index contributed by atoms with van der Waals surface area (Å²) in [6, 6.07) is 85.3. The monoisotopic (exact) mass is 935 g/mol. The van der Waals surface area contributed by atoms with Crippen LogP contribution < -0.4 is 16.4 Å². The lowest BCUT2D eigenvalue weighted by molar-refractivity contribution is 1.10. The topological polar surface area (TPSA) is 42.9 Å². The summed E-state index contributed by atoms with van der Waals surface area (Å²) in [6.07, 6.45) is 0. The van der Waals surface area contributed by atoms with Crippen LogP contribution in [0.25, 0.3) is 132 Å². The molecule has 338 valence electrons. The summed E-state index contributed by atoms with van der Waals surface area (Å²) in [5.41, 5.74) is 21.6. The molecular formula is C68H38BN5. The Kier molecular flexibility index (Phi) is 8.33. The first-order valence-corrected chi connectivity index (χ1v) is 25.1. The summed E-state index contributed by atoms with van der Waals surface area (Å²) >= 11 is 0. The molecular weight excluding hydrogens is 898 g/mol. The summed E-state index contributed by atoms with van der Waals surface area (Å²) < 4.78 is 6.95. The molecule has 0 saturated heterocycles. The van der Waals surface area contributed by atoms with Gasteiger partial charge in [-0.05, 0) is 109 Å². The van der Waals surface area contributed by atoms with Crippen LogP contribution in [0.2, 0.25) is 0 Å². The zero-order valence-electron chi connectivity index (χ0n) is 39.8. The smallest absolute Gasteiger partial charge is 0.250 e. The zero-order valence-corrected chi connectivity index (χ0v) is 39.8. The van der Waals surface area contributed by atoms with Crippen molar-refractivity contribution >= 4 is 94.2 Å². The van der Waals surface area contributed by atoms with Gasteiger partial charge in [-0.1, -0.05) is 182 Å². The van der Waals surface area contributed by atoms with Crippen molar-refractivity contribution in [3.05, 3.63) is 248 Å². The normalized spacial score (nSPS) is 12.3. The number of aromatic nitrogens is 3. The highest BCUT2D eigenvalue weighted by Crippen LogP contribution is 2.49. The van der Waals surface area contributed by atoms with Crippen LogP contribution >= 0.6 is 0 Å². The van der Waals surface area contributed by atoms with Gasteiger partial charge in [-0.3, -0.25) is 0 Å². The molecule has 5 heterocycles. The Labute approximate surface area is 426 Å². The fourth-order valence-corrected chi connectivity index (χ4v) is 13.0. The molecule has 0 saturated carbocycles. The average molecular weight is 936 g/mol. The van der Waals surface area contributed by atoms with E-state index in [0.717, 1.165) is 127 Å². The Balaban J connectivity index is 1.05. The Morgan fingerprint density at radius 1 is 0.351 bits per heavy atom. The highest BCUT2D eigenvalue weighted by Gasteiger charge is 2.44. The van der Waals surface area contributed by atoms with E-state index in [9.17, 15) is 11.8 Å². The van der Waals surface area contributed by atoms with Gasteiger partial charge in [-0.25, -0.2) is 4.85 Å². The van der Waals surface area contributed by atoms with Gasteiger partial charge in [-0.15, -0.1) is 0 Å². The van der Waals surface area contributed by atoms with Gasteiger partial charge in [0.1, 0.15) is 6.07 Å². The molecule has 74 heavy (non-hydrogen) atoms. The summed E-state index contributed by atoms with van der Waals surface area (Å²) in [5, 5.41) is 18.8. The molecule has 2 aliphatic rings. The van der Waals surface area contributed by atoms with Crippen molar-refractivity contribution in [3.63, 3.8) is 0 Å². The molecule has 0 N–H and O–H groups in total. The maximum absolute atomic E-state index is 12.1. The molecule has 0 radical (unpaired) electrons. The first-order valence-electron chi connectivity index (χ1n) is 25.1. The highest BCUT2D eigenvalue weighted by molar-refractivity contribution is 7.00. The summed E-state index contributed by atoms with van der Waals surface area (Å²) in [7, 11) is 0. The molecule has 11 aromatic carbocycles. The van der Waals surface area contributed by atoms with Gasteiger partial charge in [-0.2, -0.15) is 5.26 Å². The number of para-hydroxylation sites is 4. The van der Waals surface area contributed by atoms with Crippen molar-refractivity contribution in [2.24, 2.45) is 0 Å². The van der Waals surface area contributed by atoms with Crippen LogP contribution in [0.1, 0.15) is 5.56 Å². The van der Waals surface area contributed by atoms with Gasteiger partial charge in [0.05, 0.1) is 51.3 Å². The molecule has 0 atom stereocenters. The Bertz CT molecular complexity index is 4570. The van der Waals surface area contributed by atoms with Crippen LogP contribution in [0.5, 0.6) is 0 Å². The van der Waals surface area contributed by atoms with Crippen LogP contribution in [0.3, 0.4) is 0 Å². The maximum Gasteiger partial charge on any atom is 0.250 e. The van der Waals surface area contributed by atoms with E-state index < -0.39 is 0 Å². The van der Waals surface area contributed by atoms with Crippen molar-refractivity contribution in [3.8, 4) is 67.6 Å². The van der Waals surface area contributed by atoms with E-state index in [4.69, 9.17) is 0 Å². The van der Waals surface area contributed by atoms with Crippen molar-refractivity contribution in [1.82, 2.24) is 13.7 Å². The van der Waals surface area contributed by atoms with E-state index in [-0.39, 0.29) is 6.71 Å². The van der Waals surface area contributed by atoms with Crippen molar-refractivity contribution in [2.45, 2.75) is 0 Å². The summed E-state index contributed by atoms with van der Waals surface area (Å²) in [4.78, 5) is 4.65. The molecule has 5 nitrogen and oxygen atoms in total. The Morgan fingerprint density at radius 3 is 1.26 bits per heavy atom. The first-order chi connectivity index (χ1) is 36.7. The molecule has 3 aromatic heterocycles. The molecule has 14 aromatic rings. The van der Waals surface area contributed by atoms with Crippen LogP contribution in [0.4, 0.5) is 5.69 Å². The minimum Gasteiger partial charge on any atom is -0.320 e. The second-order valence-electron chi connectivity index (χ2n) is 19.7. The lowest BCUT2D eigenvalue weighted by Crippen LogP contribution is -2.59. The molecule has 0 spiro atoms. The van der Waals surface area contributed by atoms with Gasteiger partial charge >= 0.3 is 0 Å². The predicted molar refractivity (Wildman–Crippen MR) is 307 cm³/mol. The van der Waals surface area contributed by atoms with E-state index in [0.29, 0.717) is 16.9 Å². The molecule has 16 rings (SSSR count). The van der Waals surface area contributed by atoms with E-state index >= 15 is 0 Å². The van der Waals surface area contributed by atoms with Crippen LogP contribution in [-0.2, 0) is 0 Å². The number of hydrogen-bond acceptors (Lipinski definition) is 1. The van der Waals surface area contributed by atoms with E-state index in [1.807, 2.05) is 0 Å². The minimum atomic E-state index is -0.232. The van der Waals surface area contributed by atoms with Gasteiger partial charge in [0.15, 0.2) is 0 Å². The third-order valence-electron chi connectivity index (χ3n) is 16.1. The SMILES string of the molecule is [C-]#[N+]c1c(-n2c3ccc(-c4cccc(-c5ccccc5)c4)cc3c3cc(-c4cccc(-c5ccccc5)c4)ccc32)c(C#N)c2c3c1-n1c4ccccc4c4cccc(c41)B3c1cccc3c4ccccc4n-2c13. The third-order valence-corrected chi connectivity index (χ3v) is 16.1. The molecule has 0 amide bonds. The largest absolute Gasteiger partial charge is 0.320 e. The number of rotatable bonds is 5. The minimum absolute atomic E-state index is 0.232. The second-order valence-corrected chi connectivity index (χ2v) is 19.7. The van der Waals surface area contributed by atoms with Crippen LogP contribution in [0, 0.1) is 17.9 Å². The van der Waals surface area contributed by atoms with E-state index in [1.54, 1.807) is 0 Å². The molecule has 0 fully saturated rings. The molecule has 0 aliphatic carbocycles. The van der Waals surface area contributed by atoms with Gasteiger partial charge in [0.2, 0.25) is 5.69 Å². The number of benzene rings is 11. The quantitative estimate of drug-likeness (QED) is 0.125.